The highest BCUT2D eigenvalue weighted by atomic mass is 16.5. The van der Waals surface area contributed by atoms with E-state index in [0.29, 0.717) is 23.9 Å². The molecule has 4 aliphatic heterocycles. The molecule has 8 heteroatoms. The van der Waals surface area contributed by atoms with Gasteiger partial charge in [0, 0.05) is 74.1 Å². The third kappa shape index (κ3) is 4.05. The first-order valence-electron chi connectivity index (χ1n) is 11.5. The molecule has 4 aliphatic rings. The number of fused-ring (bicyclic) bond motifs is 2. The van der Waals surface area contributed by atoms with Crippen LogP contribution in [0.3, 0.4) is 0 Å². The van der Waals surface area contributed by atoms with Crippen LogP contribution < -0.4 is 15.4 Å². The number of aromatic amines is 1. The summed E-state index contributed by atoms with van der Waals surface area (Å²) in [6.45, 7) is 8.44. The summed E-state index contributed by atoms with van der Waals surface area (Å²) in [5, 5.41) is 14.5. The smallest absolute Gasteiger partial charge is 0.212 e. The number of hydrogen-bond donors (Lipinski definition) is 3. The van der Waals surface area contributed by atoms with Crippen LogP contribution in [0, 0.1) is 5.92 Å². The van der Waals surface area contributed by atoms with E-state index < -0.39 is 0 Å². The monoisotopic (exact) mass is 435 g/mol. The minimum atomic E-state index is -0.359. The van der Waals surface area contributed by atoms with E-state index in [1.807, 2.05) is 24.7 Å². The SMILES string of the molecule is COc1ccc(CN2C3CC2CN(C2(NCC(C)C)C=CC(c4cn[nH]c4)=CN2)C3)cn1. The Bertz CT molecular complexity index is 957. The molecule has 0 aromatic carbocycles. The minimum absolute atomic E-state index is 0.359. The van der Waals surface area contributed by atoms with Gasteiger partial charge in [-0.2, -0.15) is 5.10 Å². The molecule has 2 aromatic heterocycles. The number of ether oxygens (including phenoxy) is 1. The van der Waals surface area contributed by atoms with Gasteiger partial charge in [0.15, 0.2) is 5.79 Å². The van der Waals surface area contributed by atoms with Gasteiger partial charge in [0.2, 0.25) is 5.88 Å². The van der Waals surface area contributed by atoms with Gasteiger partial charge in [0.1, 0.15) is 0 Å². The second kappa shape index (κ2) is 8.69. The molecule has 3 saturated heterocycles. The summed E-state index contributed by atoms with van der Waals surface area (Å²) in [6.07, 6.45) is 13.6. The average molecular weight is 436 g/mol. The van der Waals surface area contributed by atoms with Gasteiger partial charge in [0.05, 0.1) is 13.3 Å². The molecular weight excluding hydrogens is 402 g/mol. The van der Waals surface area contributed by atoms with E-state index in [2.05, 4.69) is 73.9 Å². The van der Waals surface area contributed by atoms with Gasteiger partial charge in [-0.15, -0.1) is 0 Å². The van der Waals surface area contributed by atoms with Crippen LogP contribution in [0.5, 0.6) is 5.88 Å². The van der Waals surface area contributed by atoms with Gasteiger partial charge in [-0.3, -0.25) is 20.2 Å². The zero-order valence-electron chi connectivity index (χ0n) is 19.1. The fourth-order valence-electron chi connectivity index (χ4n) is 4.93. The van der Waals surface area contributed by atoms with Gasteiger partial charge in [-0.25, -0.2) is 4.98 Å². The van der Waals surface area contributed by atoms with E-state index in [0.717, 1.165) is 37.3 Å². The van der Waals surface area contributed by atoms with Crippen molar-refractivity contribution in [3.05, 3.63) is 60.2 Å². The molecule has 0 radical (unpaired) electrons. The zero-order chi connectivity index (χ0) is 22.1. The molecular formula is C24H33N7O. The summed E-state index contributed by atoms with van der Waals surface area (Å²) < 4.78 is 5.19. The predicted molar refractivity (Wildman–Crippen MR) is 125 cm³/mol. The molecule has 8 nitrogen and oxygen atoms in total. The fraction of sp³-hybridized carbons (Fsp3) is 0.500. The molecule has 0 aliphatic carbocycles. The third-order valence-electron chi connectivity index (χ3n) is 6.78. The Hall–Kier alpha value is -2.68. The third-order valence-corrected chi connectivity index (χ3v) is 6.78. The fourth-order valence-corrected chi connectivity index (χ4v) is 4.93. The van der Waals surface area contributed by atoms with Crippen molar-refractivity contribution in [1.82, 2.24) is 35.6 Å². The van der Waals surface area contributed by atoms with Crippen molar-refractivity contribution in [2.45, 2.75) is 44.7 Å². The molecule has 3 fully saturated rings. The molecule has 2 bridgehead atoms. The Kier molecular flexibility index (Phi) is 5.75. The number of nitrogens with one attached hydrogen (secondary N) is 3. The maximum Gasteiger partial charge on any atom is 0.212 e. The van der Waals surface area contributed by atoms with Gasteiger partial charge < -0.3 is 10.1 Å². The van der Waals surface area contributed by atoms with Crippen molar-refractivity contribution >= 4 is 5.57 Å². The summed E-state index contributed by atoms with van der Waals surface area (Å²) in [7, 11) is 1.65. The van der Waals surface area contributed by atoms with Crippen LogP contribution in [0.1, 0.15) is 31.4 Å². The molecule has 3 unspecified atom stereocenters. The van der Waals surface area contributed by atoms with Crippen molar-refractivity contribution in [2.75, 3.05) is 26.7 Å². The van der Waals surface area contributed by atoms with Crippen molar-refractivity contribution in [3.63, 3.8) is 0 Å². The van der Waals surface area contributed by atoms with Gasteiger partial charge in [-0.1, -0.05) is 26.0 Å². The summed E-state index contributed by atoms with van der Waals surface area (Å²) in [4.78, 5) is 9.56. The lowest BCUT2D eigenvalue weighted by molar-refractivity contribution is -0.111. The van der Waals surface area contributed by atoms with Crippen LogP contribution >= 0.6 is 0 Å². The summed E-state index contributed by atoms with van der Waals surface area (Å²) in [5.41, 5.74) is 3.47. The van der Waals surface area contributed by atoms with Gasteiger partial charge in [-0.05, 0) is 24.0 Å². The van der Waals surface area contributed by atoms with Crippen molar-refractivity contribution in [2.24, 2.45) is 5.92 Å². The summed E-state index contributed by atoms with van der Waals surface area (Å²) in [5.74, 6) is 0.877. The van der Waals surface area contributed by atoms with Gasteiger partial charge in [0.25, 0.3) is 0 Å². The Morgan fingerprint density at radius 3 is 2.69 bits per heavy atom. The second-order valence-corrected chi connectivity index (χ2v) is 9.43. The molecule has 3 N–H and O–H groups in total. The lowest BCUT2D eigenvalue weighted by atomic mass is 9.85. The lowest BCUT2D eigenvalue weighted by Crippen LogP contribution is -2.77. The molecule has 170 valence electrons. The number of rotatable bonds is 8. The van der Waals surface area contributed by atoms with Crippen molar-refractivity contribution < 1.29 is 4.74 Å². The minimum Gasteiger partial charge on any atom is -0.481 e. The topological polar surface area (TPSA) is 81.3 Å². The van der Waals surface area contributed by atoms with Crippen LogP contribution in [0.25, 0.3) is 5.57 Å². The van der Waals surface area contributed by atoms with Crippen LogP contribution in [0.4, 0.5) is 0 Å². The number of piperidine rings is 1. The standard InChI is InChI=1S/C24H33N7O/c1-17(2)9-26-24(7-6-19(11-27-24)20-12-28-29-13-20)30-15-21-8-22(16-30)31(21)14-18-4-5-23(32-3)25-10-18/h4-7,10-13,17,21-22,26-27H,8-9,14-16H2,1-3H3,(H,28,29). The van der Waals surface area contributed by atoms with E-state index in [1.54, 1.807) is 7.11 Å². The normalized spacial score (nSPS) is 27.7. The number of methoxy groups -OCH3 is 1. The average Bonchev–Trinajstić information content (AvgIpc) is 3.37. The number of nitrogens with zero attached hydrogens (tertiary/aromatic N) is 4. The molecule has 0 spiro atoms. The first kappa shape index (κ1) is 21.2. The van der Waals surface area contributed by atoms with E-state index in [1.165, 1.54) is 12.0 Å². The maximum absolute atomic E-state index is 5.19. The molecule has 2 aromatic rings. The number of aromatic nitrogens is 3. The highest BCUT2D eigenvalue weighted by molar-refractivity contribution is 5.74. The van der Waals surface area contributed by atoms with Crippen LogP contribution in [-0.4, -0.2) is 69.6 Å². The highest BCUT2D eigenvalue weighted by Crippen LogP contribution is 2.37. The van der Waals surface area contributed by atoms with E-state index >= 15 is 0 Å². The van der Waals surface area contributed by atoms with Crippen molar-refractivity contribution in [1.29, 1.82) is 0 Å². The molecule has 32 heavy (non-hydrogen) atoms. The Morgan fingerprint density at radius 1 is 1.25 bits per heavy atom. The quantitative estimate of drug-likeness (QED) is 0.586. The molecule has 0 amide bonds. The Morgan fingerprint density at radius 2 is 2.09 bits per heavy atom. The van der Waals surface area contributed by atoms with Crippen LogP contribution in [0.15, 0.2) is 49.1 Å². The van der Waals surface area contributed by atoms with Crippen LogP contribution in [-0.2, 0) is 6.54 Å². The number of dihydropyridines is 1. The number of H-pyrrole nitrogens is 1. The number of pyridine rings is 1. The van der Waals surface area contributed by atoms with Gasteiger partial charge >= 0.3 is 0 Å². The molecule has 6 heterocycles. The lowest BCUT2D eigenvalue weighted by Gasteiger charge is -2.60. The number of hydrogen-bond acceptors (Lipinski definition) is 7. The Labute approximate surface area is 189 Å². The maximum atomic E-state index is 5.19. The second-order valence-electron chi connectivity index (χ2n) is 9.43. The van der Waals surface area contributed by atoms with E-state index in [4.69, 9.17) is 4.74 Å². The predicted octanol–water partition coefficient (Wildman–Crippen LogP) is 2.17. The van der Waals surface area contributed by atoms with Crippen molar-refractivity contribution in [3.8, 4) is 5.88 Å². The summed E-state index contributed by atoms with van der Waals surface area (Å²) >= 11 is 0. The Balaban J connectivity index is 1.28. The molecule has 6 rings (SSSR count). The summed E-state index contributed by atoms with van der Waals surface area (Å²) in [6, 6.07) is 5.19. The van der Waals surface area contributed by atoms with E-state index in [9.17, 15) is 0 Å². The molecule has 0 saturated carbocycles. The zero-order valence-corrected chi connectivity index (χ0v) is 19.1. The largest absolute Gasteiger partial charge is 0.481 e. The number of piperazine rings is 1. The van der Waals surface area contributed by atoms with E-state index in [-0.39, 0.29) is 5.79 Å². The molecule has 3 atom stereocenters. The first-order valence-corrected chi connectivity index (χ1v) is 11.5. The first-order chi connectivity index (χ1) is 15.6. The highest BCUT2D eigenvalue weighted by Gasteiger charge is 2.49. The number of allylic oxidation sites excluding steroid dienone is 2. The van der Waals surface area contributed by atoms with Crippen LogP contribution in [0.2, 0.25) is 0 Å².